The Kier molecular flexibility index (Phi) is 8.86. The highest BCUT2D eigenvalue weighted by molar-refractivity contribution is 8.54. The number of nitrogens with two attached hydrogens (primary N) is 2. The SMILES string of the molecule is Nc1nc2c(ncn2[C@@H]2O[C@H](CO)C[C@H]2OP(O)(=S)OCC2O[C@@H](n3cnc4c(N)ncnc43)C[C@@H]2O[PH](=S)S)c(=O)[nH]1. The van der Waals surface area contributed by atoms with Crippen molar-refractivity contribution in [2.75, 3.05) is 24.7 Å². The minimum atomic E-state index is -3.94. The molecule has 0 saturated carbocycles. The van der Waals surface area contributed by atoms with Crippen LogP contribution in [0.4, 0.5) is 11.8 Å². The molecule has 23 heteroatoms. The monoisotopic (exact) mass is 692 g/mol. The van der Waals surface area contributed by atoms with E-state index in [0.717, 1.165) is 0 Å². The Morgan fingerprint density at radius 1 is 1.14 bits per heavy atom. The van der Waals surface area contributed by atoms with E-state index in [1.54, 1.807) is 4.57 Å². The van der Waals surface area contributed by atoms with Crippen LogP contribution in [0.25, 0.3) is 22.3 Å². The molecule has 2 aliphatic rings. The van der Waals surface area contributed by atoms with Gasteiger partial charge in [-0.3, -0.25) is 18.9 Å². The number of nitrogens with zero attached hydrogens (tertiary/aromatic N) is 7. The van der Waals surface area contributed by atoms with E-state index in [2.05, 4.69) is 42.2 Å². The van der Waals surface area contributed by atoms with Gasteiger partial charge in [-0.15, -0.1) is 12.2 Å². The predicted molar refractivity (Wildman–Crippen MR) is 163 cm³/mol. The number of anilines is 2. The third-order valence-corrected chi connectivity index (χ3v) is 9.57. The maximum Gasteiger partial charge on any atom is 0.325 e. The molecule has 6 heterocycles. The van der Waals surface area contributed by atoms with Crippen molar-refractivity contribution in [2.45, 2.75) is 49.7 Å². The highest BCUT2D eigenvalue weighted by Crippen LogP contribution is 2.50. The number of hydrogen-bond acceptors (Lipinski definition) is 16. The first-order chi connectivity index (χ1) is 20.5. The fraction of sp³-hybridized carbons (Fsp3) is 0.500. The van der Waals surface area contributed by atoms with Gasteiger partial charge in [0.05, 0.1) is 38.1 Å². The van der Waals surface area contributed by atoms with Gasteiger partial charge >= 0.3 is 6.72 Å². The summed E-state index contributed by atoms with van der Waals surface area (Å²) in [7, 11) is 0. The number of fused-ring (bicyclic) bond motifs is 2. The first-order valence-electron chi connectivity index (χ1n) is 12.7. The highest BCUT2D eigenvalue weighted by Gasteiger charge is 2.43. The summed E-state index contributed by atoms with van der Waals surface area (Å²) in [5.74, 6) is 0.103. The Morgan fingerprint density at radius 2 is 1.91 bits per heavy atom. The van der Waals surface area contributed by atoms with Crippen molar-refractivity contribution in [1.29, 1.82) is 0 Å². The van der Waals surface area contributed by atoms with Gasteiger partial charge in [0.1, 0.15) is 36.4 Å². The smallest absolute Gasteiger partial charge is 0.325 e. The summed E-state index contributed by atoms with van der Waals surface area (Å²) in [6.07, 6.45) is -1.53. The lowest BCUT2D eigenvalue weighted by atomic mass is 10.2. The zero-order chi connectivity index (χ0) is 30.5. The molecule has 0 aliphatic carbocycles. The van der Waals surface area contributed by atoms with E-state index in [1.165, 1.54) is 23.5 Å². The predicted octanol–water partition coefficient (Wildman–Crippen LogP) is 0.131. The minimum absolute atomic E-state index is 0.0225. The molecular weight excluding hydrogens is 666 g/mol. The molecule has 43 heavy (non-hydrogen) atoms. The van der Waals surface area contributed by atoms with Gasteiger partial charge < -0.3 is 44.5 Å². The van der Waals surface area contributed by atoms with Crippen molar-refractivity contribution in [1.82, 2.24) is 39.0 Å². The van der Waals surface area contributed by atoms with Gasteiger partial charge in [0, 0.05) is 12.8 Å². The summed E-state index contributed by atoms with van der Waals surface area (Å²) >= 11 is 14.8. The van der Waals surface area contributed by atoms with Gasteiger partial charge in [-0.05, 0) is 11.8 Å². The summed E-state index contributed by atoms with van der Waals surface area (Å²) in [6.45, 7) is -4.48. The number of aromatic amines is 1. The number of H-pyrrole nitrogens is 1. The summed E-state index contributed by atoms with van der Waals surface area (Å²) in [5.41, 5.74) is 12.1. The van der Waals surface area contributed by atoms with Crippen molar-refractivity contribution < 1.29 is 33.0 Å². The van der Waals surface area contributed by atoms with Gasteiger partial charge in [-0.2, -0.15) is 4.98 Å². The molecule has 232 valence electrons. The second kappa shape index (κ2) is 12.3. The van der Waals surface area contributed by atoms with E-state index in [0.29, 0.717) is 17.6 Å². The summed E-state index contributed by atoms with van der Waals surface area (Å²) in [4.78, 5) is 46.4. The van der Waals surface area contributed by atoms with Gasteiger partial charge in [-0.25, -0.2) is 19.9 Å². The Bertz CT molecular complexity index is 1790. The van der Waals surface area contributed by atoms with Crippen LogP contribution in [0.15, 0.2) is 23.8 Å². The molecule has 18 nitrogen and oxygen atoms in total. The van der Waals surface area contributed by atoms with Crippen molar-refractivity contribution >= 4 is 82.8 Å². The van der Waals surface area contributed by atoms with Crippen molar-refractivity contribution in [3.63, 3.8) is 0 Å². The molecule has 4 aromatic heterocycles. The summed E-state index contributed by atoms with van der Waals surface area (Å²) < 4.78 is 32.7. The van der Waals surface area contributed by atoms with Crippen LogP contribution in [0.3, 0.4) is 0 Å². The third kappa shape index (κ3) is 6.35. The van der Waals surface area contributed by atoms with Crippen LogP contribution in [-0.4, -0.2) is 86.7 Å². The zero-order valence-corrected chi connectivity index (χ0v) is 26.3. The fourth-order valence-electron chi connectivity index (χ4n) is 5.03. The van der Waals surface area contributed by atoms with Crippen molar-refractivity contribution in [2.24, 2.45) is 0 Å². The van der Waals surface area contributed by atoms with Gasteiger partial charge in [-0.1, -0.05) is 11.8 Å². The molecule has 0 bridgehead atoms. The number of aliphatic hydroxyl groups excluding tert-OH is 1. The van der Waals surface area contributed by atoms with Crippen LogP contribution in [-0.2, 0) is 46.7 Å². The molecule has 0 radical (unpaired) electrons. The molecule has 7 N–H and O–H groups in total. The average molecular weight is 693 g/mol. The Hall–Kier alpha value is -2.13. The topological polar surface area (TPSA) is 246 Å². The lowest BCUT2D eigenvalue weighted by Crippen LogP contribution is -2.28. The zero-order valence-electron chi connectivity index (χ0n) is 21.9. The van der Waals surface area contributed by atoms with Gasteiger partial charge in [0.15, 0.2) is 28.9 Å². The van der Waals surface area contributed by atoms with Crippen LogP contribution in [0.1, 0.15) is 25.3 Å². The van der Waals surface area contributed by atoms with Crippen LogP contribution in [0, 0.1) is 0 Å². The largest absolute Gasteiger partial charge is 0.394 e. The van der Waals surface area contributed by atoms with Crippen LogP contribution in [0.2, 0.25) is 0 Å². The Labute approximate surface area is 258 Å². The highest BCUT2D eigenvalue weighted by atomic mass is 32.9. The van der Waals surface area contributed by atoms with E-state index >= 15 is 0 Å². The van der Waals surface area contributed by atoms with Crippen LogP contribution in [0.5, 0.6) is 0 Å². The summed E-state index contributed by atoms with van der Waals surface area (Å²) in [6, 6.07) is 0. The number of ether oxygens (including phenoxy) is 2. The normalized spacial score (nSPS) is 28.1. The quantitative estimate of drug-likeness (QED) is 0.0955. The first-order valence-corrected chi connectivity index (χ1v) is 19.1. The molecule has 2 aliphatic heterocycles. The lowest BCUT2D eigenvalue weighted by Gasteiger charge is -2.26. The maximum absolute atomic E-state index is 12.3. The number of nitrogens with one attached hydrogen (secondary N) is 1. The van der Waals surface area contributed by atoms with E-state index in [4.69, 9.17) is 58.1 Å². The van der Waals surface area contributed by atoms with E-state index in [1.807, 2.05) is 0 Å². The Morgan fingerprint density at radius 3 is 2.67 bits per heavy atom. The number of rotatable bonds is 10. The number of aliphatic hydroxyl groups is 1. The standard InChI is InChI=1S/C20H26N10O8P2S3/c21-15-13-16(24-5-23-15)29(6-25-13)12-2-9(37-39(41)42)11(36-12)4-34-40(33,43)38-10-1-8(3-31)35-19(10)30-7-26-14-17(30)27-20(22)28-18(14)32/h5-12,19,31,39H,1-4H2,(H,33,43)(H,41,42)(H2,21,23,24)(H3,22,27,28,32)/t8-,9-,10+,11?,12+,19+,40?/m0/s1. The lowest BCUT2D eigenvalue weighted by molar-refractivity contribution is -0.0525. The van der Waals surface area contributed by atoms with Gasteiger partial charge in [0.25, 0.3) is 5.56 Å². The Balaban J connectivity index is 1.18. The summed E-state index contributed by atoms with van der Waals surface area (Å²) in [5, 5.41) is 9.76. The molecule has 0 aromatic carbocycles. The molecular formula is C20H26N10O8P2S3. The second-order valence-electron chi connectivity index (χ2n) is 9.62. The molecule has 3 unspecified atom stereocenters. The number of imidazole rings is 2. The number of hydrogen-bond donors (Lipinski definition) is 6. The van der Waals surface area contributed by atoms with E-state index < -0.39 is 55.3 Å². The van der Waals surface area contributed by atoms with Gasteiger partial charge in [0.2, 0.25) is 5.95 Å². The molecule has 0 spiro atoms. The molecule has 2 saturated heterocycles. The third-order valence-electron chi connectivity index (χ3n) is 6.87. The maximum atomic E-state index is 12.3. The van der Waals surface area contributed by atoms with Crippen LogP contribution < -0.4 is 17.0 Å². The number of nitrogen functional groups attached to an aromatic ring is 2. The molecule has 0 amide bonds. The molecule has 2 fully saturated rings. The fourth-order valence-corrected chi connectivity index (χ4v) is 7.75. The number of aromatic nitrogens is 8. The molecule has 8 atom stereocenters. The number of thiol groups is 1. The van der Waals surface area contributed by atoms with E-state index in [9.17, 15) is 14.8 Å². The first kappa shape index (κ1) is 30.9. The van der Waals surface area contributed by atoms with Crippen molar-refractivity contribution in [3.05, 3.63) is 29.3 Å². The minimum Gasteiger partial charge on any atom is -0.394 e. The second-order valence-corrected chi connectivity index (χ2v) is 16.4. The average Bonchev–Trinajstić information content (AvgIpc) is 3.72. The molecule has 6 rings (SSSR count). The van der Waals surface area contributed by atoms with Crippen LogP contribution >= 0.6 is 25.1 Å². The van der Waals surface area contributed by atoms with Crippen molar-refractivity contribution in [3.8, 4) is 0 Å². The molecule has 4 aromatic rings. The van der Waals surface area contributed by atoms with E-state index in [-0.39, 0.29) is 42.6 Å².